The Bertz CT molecular complexity index is 138. The van der Waals surface area contributed by atoms with Crippen LogP contribution in [-0.2, 0) is 0 Å². The van der Waals surface area contributed by atoms with Gasteiger partial charge in [-0.05, 0) is 27.1 Å². The van der Waals surface area contributed by atoms with Gasteiger partial charge >= 0.3 is 0 Å². The molecule has 0 saturated carbocycles. The predicted octanol–water partition coefficient (Wildman–Crippen LogP) is 0.232. The normalized spacial score (nSPS) is 26.5. The molecule has 0 aromatic carbocycles. The molecular formula is C10H23N3. The van der Waals surface area contributed by atoms with Crippen LogP contribution in [0, 0.1) is 0 Å². The van der Waals surface area contributed by atoms with Gasteiger partial charge in [-0.15, -0.1) is 0 Å². The van der Waals surface area contributed by atoms with E-state index < -0.39 is 0 Å². The molecule has 1 heterocycles. The first-order valence-electron chi connectivity index (χ1n) is 5.35. The van der Waals surface area contributed by atoms with Gasteiger partial charge in [-0.2, -0.15) is 0 Å². The van der Waals surface area contributed by atoms with Crippen molar-refractivity contribution < 1.29 is 0 Å². The maximum Gasteiger partial charge on any atom is 0.0345 e. The molecule has 0 bridgehead atoms. The van der Waals surface area contributed by atoms with E-state index in [2.05, 4.69) is 29.1 Å². The number of hydrogen-bond acceptors (Lipinski definition) is 3. The summed E-state index contributed by atoms with van der Waals surface area (Å²) in [5.74, 6) is 0. The number of piperazine rings is 1. The standard InChI is InChI=1S/C10H23N3/c1-4-5-13-7-6-12(3)10(9-13)8-11-2/h10-11H,4-9H2,1-3H3. The zero-order valence-corrected chi connectivity index (χ0v) is 9.21. The Balaban J connectivity index is 2.33. The number of rotatable bonds is 4. The second-order valence-electron chi connectivity index (χ2n) is 3.99. The number of likely N-dealkylation sites (N-methyl/N-ethyl adjacent to an activating group) is 2. The fraction of sp³-hybridized carbons (Fsp3) is 1.00. The smallest absolute Gasteiger partial charge is 0.0345 e. The maximum atomic E-state index is 3.26. The minimum absolute atomic E-state index is 0.699. The third kappa shape index (κ3) is 3.25. The quantitative estimate of drug-likeness (QED) is 0.676. The van der Waals surface area contributed by atoms with E-state index >= 15 is 0 Å². The van der Waals surface area contributed by atoms with E-state index in [1.54, 1.807) is 0 Å². The monoisotopic (exact) mass is 185 g/mol. The van der Waals surface area contributed by atoms with Crippen molar-refractivity contribution in [2.75, 3.05) is 46.8 Å². The molecule has 1 atom stereocenters. The van der Waals surface area contributed by atoms with E-state index in [1.807, 2.05) is 7.05 Å². The lowest BCUT2D eigenvalue weighted by Gasteiger charge is -2.39. The van der Waals surface area contributed by atoms with Gasteiger partial charge in [-0.3, -0.25) is 4.90 Å². The highest BCUT2D eigenvalue weighted by molar-refractivity contribution is 4.80. The third-order valence-electron chi connectivity index (χ3n) is 2.84. The molecule has 0 aliphatic carbocycles. The summed E-state index contributed by atoms with van der Waals surface area (Å²) < 4.78 is 0. The SMILES string of the molecule is CCCN1CCN(C)C(CNC)C1. The van der Waals surface area contributed by atoms with Gasteiger partial charge in [0.25, 0.3) is 0 Å². The Morgan fingerprint density at radius 3 is 2.77 bits per heavy atom. The lowest BCUT2D eigenvalue weighted by Crippen LogP contribution is -2.54. The lowest BCUT2D eigenvalue weighted by atomic mass is 10.1. The highest BCUT2D eigenvalue weighted by Gasteiger charge is 2.22. The Hall–Kier alpha value is -0.120. The molecule has 1 saturated heterocycles. The summed E-state index contributed by atoms with van der Waals surface area (Å²) in [6, 6.07) is 0.699. The summed E-state index contributed by atoms with van der Waals surface area (Å²) in [5, 5.41) is 3.26. The number of hydrogen-bond donors (Lipinski definition) is 1. The molecule has 0 radical (unpaired) electrons. The van der Waals surface area contributed by atoms with Crippen LogP contribution in [0.15, 0.2) is 0 Å². The van der Waals surface area contributed by atoms with Gasteiger partial charge in [0.1, 0.15) is 0 Å². The predicted molar refractivity (Wildman–Crippen MR) is 57.1 cm³/mol. The molecule has 1 rings (SSSR count). The third-order valence-corrected chi connectivity index (χ3v) is 2.84. The minimum atomic E-state index is 0.699. The average molecular weight is 185 g/mol. The van der Waals surface area contributed by atoms with E-state index in [9.17, 15) is 0 Å². The van der Waals surface area contributed by atoms with Crippen molar-refractivity contribution in [3.8, 4) is 0 Å². The molecule has 3 nitrogen and oxygen atoms in total. The van der Waals surface area contributed by atoms with Gasteiger partial charge < -0.3 is 10.2 Å². The minimum Gasteiger partial charge on any atom is -0.318 e. The van der Waals surface area contributed by atoms with Gasteiger partial charge in [0.2, 0.25) is 0 Å². The Morgan fingerprint density at radius 2 is 2.15 bits per heavy atom. The Morgan fingerprint density at radius 1 is 1.38 bits per heavy atom. The number of nitrogens with one attached hydrogen (secondary N) is 1. The summed E-state index contributed by atoms with van der Waals surface area (Å²) in [6.07, 6.45) is 1.27. The first-order chi connectivity index (χ1) is 6.27. The molecule has 13 heavy (non-hydrogen) atoms. The molecule has 1 fully saturated rings. The molecular weight excluding hydrogens is 162 g/mol. The van der Waals surface area contributed by atoms with Crippen LogP contribution < -0.4 is 5.32 Å². The van der Waals surface area contributed by atoms with E-state index in [4.69, 9.17) is 0 Å². The van der Waals surface area contributed by atoms with Crippen molar-refractivity contribution >= 4 is 0 Å². The summed E-state index contributed by atoms with van der Waals surface area (Å²) in [7, 11) is 4.26. The largest absolute Gasteiger partial charge is 0.318 e. The second-order valence-corrected chi connectivity index (χ2v) is 3.99. The topological polar surface area (TPSA) is 18.5 Å². The number of nitrogens with zero attached hydrogens (tertiary/aromatic N) is 2. The van der Waals surface area contributed by atoms with Crippen LogP contribution in [0.25, 0.3) is 0 Å². The molecule has 1 aliphatic heterocycles. The fourth-order valence-electron chi connectivity index (χ4n) is 1.99. The van der Waals surface area contributed by atoms with Crippen molar-refractivity contribution in [3.63, 3.8) is 0 Å². The summed E-state index contributed by atoms with van der Waals surface area (Å²) in [4.78, 5) is 5.03. The van der Waals surface area contributed by atoms with Crippen LogP contribution >= 0.6 is 0 Å². The van der Waals surface area contributed by atoms with Gasteiger partial charge in [-0.25, -0.2) is 0 Å². The van der Waals surface area contributed by atoms with Crippen LogP contribution in [0.4, 0.5) is 0 Å². The van der Waals surface area contributed by atoms with E-state index in [0.717, 1.165) is 6.54 Å². The van der Waals surface area contributed by atoms with Crippen molar-refractivity contribution in [1.29, 1.82) is 0 Å². The van der Waals surface area contributed by atoms with Crippen molar-refractivity contribution in [2.45, 2.75) is 19.4 Å². The highest BCUT2D eigenvalue weighted by Crippen LogP contribution is 2.06. The molecule has 0 spiro atoms. The van der Waals surface area contributed by atoms with E-state index in [1.165, 1.54) is 32.6 Å². The molecule has 1 unspecified atom stereocenters. The fourth-order valence-corrected chi connectivity index (χ4v) is 1.99. The first-order valence-corrected chi connectivity index (χ1v) is 5.35. The van der Waals surface area contributed by atoms with Gasteiger partial charge in [-0.1, -0.05) is 6.92 Å². The molecule has 3 heteroatoms. The Labute approximate surface area is 82.1 Å². The second kappa shape index (κ2) is 5.58. The lowest BCUT2D eigenvalue weighted by molar-refractivity contribution is 0.0961. The molecule has 1 aliphatic rings. The van der Waals surface area contributed by atoms with Crippen molar-refractivity contribution in [3.05, 3.63) is 0 Å². The summed E-state index contributed by atoms with van der Waals surface area (Å²) in [6.45, 7) is 8.30. The van der Waals surface area contributed by atoms with Crippen LogP contribution in [0.5, 0.6) is 0 Å². The van der Waals surface area contributed by atoms with Gasteiger partial charge in [0, 0.05) is 32.2 Å². The van der Waals surface area contributed by atoms with Crippen LogP contribution in [-0.4, -0.2) is 62.7 Å². The van der Waals surface area contributed by atoms with E-state index in [-0.39, 0.29) is 0 Å². The average Bonchev–Trinajstić information content (AvgIpc) is 2.12. The van der Waals surface area contributed by atoms with Crippen LogP contribution in [0.2, 0.25) is 0 Å². The highest BCUT2D eigenvalue weighted by atomic mass is 15.3. The molecule has 1 N–H and O–H groups in total. The van der Waals surface area contributed by atoms with Gasteiger partial charge in [0.05, 0.1) is 0 Å². The van der Waals surface area contributed by atoms with Crippen molar-refractivity contribution in [1.82, 2.24) is 15.1 Å². The molecule has 0 amide bonds. The van der Waals surface area contributed by atoms with Crippen molar-refractivity contribution in [2.24, 2.45) is 0 Å². The zero-order chi connectivity index (χ0) is 9.68. The zero-order valence-electron chi connectivity index (χ0n) is 9.21. The summed E-state index contributed by atoms with van der Waals surface area (Å²) in [5.41, 5.74) is 0. The molecule has 0 aromatic heterocycles. The maximum absolute atomic E-state index is 3.26. The Kier molecular flexibility index (Phi) is 4.70. The summed E-state index contributed by atoms with van der Waals surface area (Å²) >= 11 is 0. The first kappa shape index (κ1) is 11.0. The molecule has 0 aromatic rings. The molecule has 78 valence electrons. The van der Waals surface area contributed by atoms with Crippen LogP contribution in [0.3, 0.4) is 0 Å². The van der Waals surface area contributed by atoms with Crippen LogP contribution in [0.1, 0.15) is 13.3 Å². The van der Waals surface area contributed by atoms with E-state index in [0.29, 0.717) is 6.04 Å². The van der Waals surface area contributed by atoms with Gasteiger partial charge in [0.15, 0.2) is 0 Å².